The van der Waals surface area contributed by atoms with E-state index in [1.165, 1.54) is 29.3 Å². The molecule has 2 aromatic rings. The Labute approximate surface area is 108 Å². The highest BCUT2D eigenvalue weighted by Crippen LogP contribution is 2.22. The lowest BCUT2D eigenvalue weighted by Gasteiger charge is -2.13. The second kappa shape index (κ2) is 5.12. The van der Waals surface area contributed by atoms with Gasteiger partial charge in [-0.1, -0.05) is 6.07 Å². The Balaban J connectivity index is 1.59. The monoisotopic (exact) mass is 244 g/mol. The van der Waals surface area contributed by atoms with Gasteiger partial charge in [0.15, 0.2) is 0 Å². The molecule has 1 heterocycles. The Morgan fingerprint density at radius 1 is 1.33 bits per heavy atom. The van der Waals surface area contributed by atoms with Crippen molar-refractivity contribution in [1.82, 2.24) is 10.3 Å². The number of ether oxygens (including phenoxy) is 1. The van der Waals surface area contributed by atoms with Gasteiger partial charge in [-0.3, -0.25) is 0 Å². The molecule has 0 radical (unpaired) electrons. The average molecular weight is 244 g/mol. The lowest BCUT2D eigenvalue weighted by Crippen LogP contribution is -2.26. The summed E-state index contributed by atoms with van der Waals surface area (Å²) in [6.45, 7) is 0.947. The molecule has 1 fully saturated rings. The van der Waals surface area contributed by atoms with Crippen LogP contribution in [0.25, 0.3) is 10.9 Å². The van der Waals surface area contributed by atoms with E-state index in [1.54, 1.807) is 0 Å². The van der Waals surface area contributed by atoms with E-state index in [-0.39, 0.29) is 0 Å². The lowest BCUT2D eigenvalue weighted by atomic mass is 10.1. The quantitative estimate of drug-likeness (QED) is 0.867. The van der Waals surface area contributed by atoms with E-state index in [0.717, 1.165) is 13.0 Å². The van der Waals surface area contributed by atoms with Crippen molar-refractivity contribution in [3.05, 3.63) is 36.0 Å². The Bertz CT molecular complexity index is 520. The van der Waals surface area contributed by atoms with Gasteiger partial charge in [-0.2, -0.15) is 0 Å². The van der Waals surface area contributed by atoms with Gasteiger partial charge in [0.2, 0.25) is 0 Å². The molecule has 1 aliphatic rings. The van der Waals surface area contributed by atoms with Gasteiger partial charge >= 0.3 is 0 Å². The van der Waals surface area contributed by atoms with E-state index in [9.17, 15) is 0 Å². The lowest BCUT2D eigenvalue weighted by molar-refractivity contribution is 0.107. The van der Waals surface area contributed by atoms with Crippen molar-refractivity contribution in [3.63, 3.8) is 0 Å². The fourth-order valence-corrected chi connectivity index (χ4v) is 2.81. The molecule has 3 nitrogen and oxygen atoms in total. The number of aromatic amines is 1. The van der Waals surface area contributed by atoms with E-state index in [2.05, 4.69) is 34.6 Å². The molecule has 1 saturated carbocycles. The van der Waals surface area contributed by atoms with Crippen molar-refractivity contribution in [2.45, 2.75) is 38.0 Å². The molecule has 0 spiro atoms. The molecule has 0 bridgehead atoms. The summed E-state index contributed by atoms with van der Waals surface area (Å²) in [6, 6.07) is 9.32. The van der Waals surface area contributed by atoms with E-state index in [0.29, 0.717) is 12.1 Å². The average Bonchev–Trinajstić information content (AvgIpc) is 3.04. The van der Waals surface area contributed by atoms with Crippen LogP contribution in [0.5, 0.6) is 0 Å². The summed E-state index contributed by atoms with van der Waals surface area (Å²) < 4.78 is 5.40. The molecule has 3 heteroatoms. The first-order chi connectivity index (χ1) is 8.85. The zero-order chi connectivity index (χ0) is 12.4. The van der Waals surface area contributed by atoms with Gasteiger partial charge in [0.25, 0.3) is 0 Å². The first-order valence-corrected chi connectivity index (χ1v) is 6.67. The van der Waals surface area contributed by atoms with Gasteiger partial charge in [0, 0.05) is 31.4 Å². The van der Waals surface area contributed by atoms with Crippen LogP contribution in [-0.2, 0) is 11.3 Å². The fourth-order valence-electron chi connectivity index (χ4n) is 2.81. The van der Waals surface area contributed by atoms with E-state index < -0.39 is 0 Å². The minimum atomic E-state index is 0.453. The molecule has 18 heavy (non-hydrogen) atoms. The standard InChI is InChI=1S/C15H20N2O/c1-18-14-4-3-13(9-14)17-10-11-2-5-15-12(8-11)6-7-16-15/h2,5-8,13-14,16-17H,3-4,9-10H2,1H3. The van der Waals surface area contributed by atoms with Gasteiger partial charge in [-0.15, -0.1) is 0 Å². The van der Waals surface area contributed by atoms with Crippen molar-refractivity contribution in [2.24, 2.45) is 0 Å². The zero-order valence-corrected chi connectivity index (χ0v) is 10.8. The van der Waals surface area contributed by atoms with E-state index in [1.807, 2.05) is 13.3 Å². The van der Waals surface area contributed by atoms with Gasteiger partial charge in [0.1, 0.15) is 0 Å². The Hall–Kier alpha value is -1.32. The number of nitrogens with one attached hydrogen (secondary N) is 2. The number of H-pyrrole nitrogens is 1. The number of benzene rings is 1. The van der Waals surface area contributed by atoms with Crippen molar-refractivity contribution in [2.75, 3.05) is 7.11 Å². The van der Waals surface area contributed by atoms with Crippen molar-refractivity contribution in [3.8, 4) is 0 Å². The topological polar surface area (TPSA) is 37.0 Å². The van der Waals surface area contributed by atoms with Crippen LogP contribution in [0.3, 0.4) is 0 Å². The molecule has 0 aliphatic heterocycles. The van der Waals surface area contributed by atoms with Crippen LogP contribution in [0.1, 0.15) is 24.8 Å². The minimum absolute atomic E-state index is 0.453. The smallest absolute Gasteiger partial charge is 0.0586 e. The summed E-state index contributed by atoms with van der Waals surface area (Å²) in [5.41, 5.74) is 2.56. The van der Waals surface area contributed by atoms with Crippen LogP contribution >= 0.6 is 0 Å². The second-order valence-corrected chi connectivity index (χ2v) is 5.15. The highest BCUT2D eigenvalue weighted by atomic mass is 16.5. The molecule has 1 aliphatic carbocycles. The van der Waals surface area contributed by atoms with Crippen molar-refractivity contribution >= 4 is 10.9 Å². The van der Waals surface area contributed by atoms with Crippen LogP contribution < -0.4 is 5.32 Å². The first kappa shape index (κ1) is 11.8. The summed E-state index contributed by atoms with van der Waals surface area (Å²) in [7, 11) is 1.81. The summed E-state index contributed by atoms with van der Waals surface area (Å²) >= 11 is 0. The molecule has 2 N–H and O–H groups in total. The predicted octanol–water partition coefficient (Wildman–Crippen LogP) is 2.83. The number of hydrogen-bond donors (Lipinski definition) is 2. The number of fused-ring (bicyclic) bond motifs is 1. The van der Waals surface area contributed by atoms with Gasteiger partial charge in [-0.25, -0.2) is 0 Å². The summed E-state index contributed by atoms with van der Waals surface area (Å²) in [4.78, 5) is 3.22. The van der Waals surface area contributed by atoms with Crippen LogP contribution in [0.2, 0.25) is 0 Å². The predicted molar refractivity (Wildman–Crippen MR) is 73.6 cm³/mol. The molecule has 2 unspecified atom stereocenters. The maximum absolute atomic E-state index is 5.40. The van der Waals surface area contributed by atoms with Crippen molar-refractivity contribution in [1.29, 1.82) is 0 Å². The number of hydrogen-bond acceptors (Lipinski definition) is 2. The molecule has 3 rings (SSSR count). The van der Waals surface area contributed by atoms with Gasteiger partial charge in [-0.05, 0) is 48.4 Å². The first-order valence-electron chi connectivity index (χ1n) is 6.67. The summed E-state index contributed by atoms with van der Waals surface area (Å²) in [5.74, 6) is 0. The van der Waals surface area contributed by atoms with Gasteiger partial charge < -0.3 is 15.0 Å². The molecule has 0 amide bonds. The molecular weight excluding hydrogens is 224 g/mol. The van der Waals surface area contributed by atoms with Crippen LogP contribution in [-0.4, -0.2) is 24.2 Å². The highest BCUT2D eigenvalue weighted by molar-refractivity contribution is 5.79. The van der Waals surface area contributed by atoms with Crippen molar-refractivity contribution < 1.29 is 4.74 Å². The third-order valence-electron chi connectivity index (χ3n) is 3.93. The molecular formula is C15H20N2O. The molecule has 96 valence electrons. The Morgan fingerprint density at radius 3 is 3.11 bits per heavy atom. The van der Waals surface area contributed by atoms with Gasteiger partial charge in [0.05, 0.1) is 6.10 Å². The normalized spacial score (nSPS) is 23.8. The molecule has 1 aromatic heterocycles. The minimum Gasteiger partial charge on any atom is -0.381 e. The molecule has 0 saturated heterocycles. The second-order valence-electron chi connectivity index (χ2n) is 5.15. The highest BCUT2D eigenvalue weighted by Gasteiger charge is 2.23. The van der Waals surface area contributed by atoms with E-state index >= 15 is 0 Å². The largest absolute Gasteiger partial charge is 0.381 e. The van der Waals surface area contributed by atoms with Crippen LogP contribution in [0.4, 0.5) is 0 Å². The molecule has 2 atom stereocenters. The Kier molecular flexibility index (Phi) is 3.35. The Morgan fingerprint density at radius 2 is 2.28 bits per heavy atom. The molecule has 1 aromatic carbocycles. The van der Waals surface area contributed by atoms with Crippen LogP contribution in [0.15, 0.2) is 30.5 Å². The maximum atomic E-state index is 5.40. The summed E-state index contributed by atoms with van der Waals surface area (Å²) in [5, 5.41) is 4.92. The van der Waals surface area contributed by atoms with Crippen LogP contribution in [0, 0.1) is 0 Å². The fraction of sp³-hybridized carbons (Fsp3) is 0.467. The SMILES string of the molecule is COC1CCC(NCc2ccc3[nH]ccc3c2)C1. The number of aromatic nitrogens is 1. The zero-order valence-electron chi connectivity index (χ0n) is 10.8. The maximum Gasteiger partial charge on any atom is 0.0586 e. The summed E-state index contributed by atoms with van der Waals surface area (Å²) in [6.07, 6.45) is 6.00. The third-order valence-corrected chi connectivity index (χ3v) is 3.93. The number of rotatable bonds is 4. The van der Waals surface area contributed by atoms with E-state index in [4.69, 9.17) is 4.74 Å². The number of methoxy groups -OCH3 is 1. The third kappa shape index (κ3) is 2.42.